The summed E-state index contributed by atoms with van der Waals surface area (Å²) in [5.41, 5.74) is 1.54. The predicted octanol–water partition coefficient (Wildman–Crippen LogP) is 1.24. The molecule has 0 unspecified atom stereocenters. The van der Waals surface area contributed by atoms with Crippen molar-refractivity contribution >= 4 is 12.6 Å². The third-order valence-corrected chi connectivity index (χ3v) is 4.55. The average molecular weight is 291 g/mol. The maximum atomic E-state index is 9.42. The Bertz CT molecular complexity index is 457. The summed E-state index contributed by atoms with van der Waals surface area (Å²) in [5.74, 6) is 2.13. The van der Waals surface area contributed by atoms with Crippen LogP contribution in [-0.2, 0) is 6.54 Å². The fraction of sp³-hybridized carbons (Fsp3) is 0.625. The second-order valence-corrected chi connectivity index (χ2v) is 6.31. The topological polar surface area (TPSA) is 52.9 Å². The highest BCUT2D eigenvalue weighted by atomic mass is 16.5. The van der Waals surface area contributed by atoms with Gasteiger partial charge < -0.3 is 14.8 Å². The molecule has 5 heteroatoms. The van der Waals surface area contributed by atoms with E-state index in [2.05, 4.69) is 18.7 Å². The molecule has 4 nitrogen and oxygen atoms in total. The average Bonchev–Trinajstić information content (AvgIpc) is 2.47. The van der Waals surface area contributed by atoms with Crippen LogP contribution in [0.4, 0.5) is 0 Å². The molecule has 0 radical (unpaired) electrons. The summed E-state index contributed by atoms with van der Waals surface area (Å²) in [6.07, 6.45) is 2.51. The molecular weight excluding hydrogens is 265 g/mol. The van der Waals surface area contributed by atoms with Crippen molar-refractivity contribution in [1.29, 1.82) is 0 Å². The van der Waals surface area contributed by atoms with E-state index in [9.17, 15) is 10.0 Å². The smallest absolute Gasteiger partial charge is 0.492 e. The maximum Gasteiger partial charge on any atom is 0.492 e. The molecule has 1 aliphatic rings. The number of methoxy groups -OCH3 is 1. The van der Waals surface area contributed by atoms with Gasteiger partial charge in [-0.1, -0.05) is 26.0 Å². The van der Waals surface area contributed by atoms with E-state index in [-0.39, 0.29) is 0 Å². The lowest BCUT2D eigenvalue weighted by Crippen LogP contribution is -2.36. The summed E-state index contributed by atoms with van der Waals surface area (Å²) >= 11 is 0. The summed E-state index contributed by atoms with van der Waals surface area (Å²) in [6, 6.07) is 5.64. The summed E-state index contributed by atoms with van der Waals surface area (Å²) in [6.45, 7) is 7.70. The van der Waals surface area contributed by atoms with Crippen molar-refractivity contribution in [1.82, 2.24) is 4.90 Å². The Morgan fingerprint density at radius 1 is 1.29 bits per heavy atom. The molecule has 1 heterocycles. The fourth-order valence-corrected chi connectivity index (χ4v) is 3.12. The Labute approximate surface area is 127 Å². The van der Waals surface area contributed by atoms with Crippen LogP contribution in [0.15, 0.2) is 18.2 Å². The van der Waals surface area contributed by atoms with Crippen LogP contribution in [0.2, 0.25) is 0 Å². The molecule has 1 aromatic rings. The summed E-state index contributed by atoms with van der Waals surface area (Å²) < 4.78 is 5.16. The number of ether oxygens (including phenoxy) is 1. The van der Waals surface area contributed by atoms with Gasteiger partial charge in [0.2, 0.25) is 0 Å². The van der Waals surface area contributed by atoms with Crippen LogP contribution in [0.1, 0.15) is 32.3 Å². The minimum absolute atomic E-state index is 0.437. The molecule has 0 spiro atoms. The van der Waals surface area contributed by atoms with E-state index in [1.165, 1.54) is 20.0 Å². The number of likely N-dealkylation sites (tertiary alicyclic amines) is 1. The molecule has 0 aliphatic carbocycles. The molecule has 21 heavy (non-hydrogen) atoms. The second-order valence-electron chi connectivity index (χ2n) is 6.31. The second kappa shape index (κ2) is 7.30. The summed E-state index contributed by atoms with van der Waals surface area (Å²) in [4.78, 5) is 2.44. The van der Waals surface area contributed by atoms with E-state index < -0.39 is 7.12 Å². The zero-order valence-electron chi connectivity index (χ0n) is 13.2. The number of hydrogen-bond acceptors (Lipinski definition) is 4. The molecule has 0 amide bonds. The lowest BCUT2D eigenvalue weighted by molar-refractivity contribution is 0.152. The van der Waals surface area contributed by atoms with E-state index in [0.717, 1.165) is 37.0 Å². The molecule has 0 bridgehead atoms. The van der Waals surface area contributed by atoms with Gasteiger partial charge in [-0.15, -0.1) is 0 Å². The SMILES string of the molecule is COc1ccc(CN2CCC(C(C)C)CC2)cc1B(O)O. The molecule has 1 fully saturated rings. The highest BCUT2D eigenvalue weighted by Crippen LogP contribution is 2.25. The third-order valence-electron chi connectivity index (χ3n) is 4.55. The van der Waals surface area contributed by atoms with E-state index in [4.69, 9.17) is 4.74 Å². The highest BCUT2D eigenvalue weighted by Gasteiger charge is 2.22. The van der Waals surface area contributed by atoms with Crippen LogP contribution in [0.3, 0.4) is 0 Å². The van der Waals surface area contributed by atoms with Crippen molar-refractivity contribution in [3.8, 4) is 5.75 Å². The van der Waals surface area contributed by atoms with Crippen LogP contribution < -0.4 is 10.2 Å². The van der Waals surface area contributed by atoms with Crippen LogP contribution in [0.5, 0.6) is 5.75 Å². The first kappa shape index (κ1) is 16.3. The standard InChI is InChI=1S/C16H26BNO3/c1-12(2)14-6-8-18(9-7-14)11-13-4-5-16(21-3)15(10-13)17(19)20/h4-5,10,12,14,19-20H,6-9,11H2,1-3H3. The molecule has 116 valence electrons. The number of piperidine rings is 1. The van der Waals surface area contributed by atoms with Gasteiger partial charge in [-0.05, 0) is 49.4 Å². The van der Waals surface area contributed by atoms with Crippen molar-refractivity contribution in [2.75, 3.05) is 20.2 Å². The van der Waals surface area contributed by atoms with Crippen molar-refractivity contribution in [3.05, 3.63) is 23.8 Å². The van der Waals surface area contributed by atoms with Gasteiger partial charge in [-0.25, -0.2) is 0 Å². The largest absolute Gasteiger partial charge is 0.497 e. The Kier molecular flexibility index (Phi) is 5.68. The number of nitrogens with zero attached hydrogens (tertiary/aromatic N) is 1. The number of benzene rings is 1. The van der Waals surface area contributed by atoms with Gasteiger partial charge in [0.15, 0.2) is 0 Å². The fourth-order valence-electron chi connectivity index (χ4n) is 3.12. The predicted molar refractivity (Wildman–Crippen MR) is 85.7 cm³/mol. The zero-order valence-corrected chi connectivity index (χ0v) is 13.2. The molecule has 1 aromatic carbocycles. The highest BCUT2D eigenvalue weighted by molar-refractivity contribution is 6.59. The first-order chi connectivity index (χ1) is 10.0. The van der Waals surface area contributed by atoms with Gasteiger partial charge in [0, 0.05) is 12.0 Å². The van der Waals surface area contributed by atoms with Crippen molar-refractivity contribution < 1.29 is 14.8 Å². The first-order valence-electron chi connectivity index (χ1n) is 7.76. The van der Waals surface area contributed by atoms with Crippen LogP contribution in [0, 0.1) is 11.8 Å². The Morgan fingerprint density at radius 3 is 2.48 bits per heavy atom. The van der Waals surface area contributed by atoms with Gasteiger partial charge in [0.05, 0.1) is 7.11 Å². The molecule has 1 saturated heterocycles. The number of rotatable bonds is 5. The van der Waals surface area contributed by atoms with E-state index in [0.29, 0.717) is 11.2 Å². The summed E-state index contributed by atoms with van der Waals surface area (Å²) in [7, 11) is 0.0454. The molecular formula is C16H26BNO3. The van der Waals surface area contributed by atoms with Crippen LogP contribution >= 0.6 is 0 Å². The van der Waals surface area contributed by atoms with Crippen molar-refractivity contribution in [2.45, 2.75) is 33.2 Å². The molecule has 0 aromatic heterocycles. The summed E-state index contributed by atoms with van der Waals surface area (Å²) in [5, 5.41) is 18.8. The molecule has 2 rings (SSSR count). The van der Waals surface area contributed by atoms with E-state index in [1.54, 1.807) is 0 Å². The van der Waals surface area contributed by atoms with Gasteiger partial charge in [-0.2, -0.15) is 0 Å². The normalized spacial score (nSPS) is 17.2. The Morgan fingerprint density at radius 2 is 1.95 bits per heavy atom. The number of hydrogen-bond donors (Lipinski definition) is 2. The van der Waals surface area contributed by atoms with Crippen LogP contribution in [-0.4, -0.2) is 42.3 Å². The lowest BCUT2D eigenvalue weighted by atomic mass is 9.78. The quantitative estimate of drug-likeness (QED) is 0.802. The van der Waals surface area contributed by atoms with Gasteiger partial charge in [0.1, 0.15) is 5.75 Å². The van der Waals surface area contributed by atoms with Gasteiger partial charge >= 0.3 is 7.12 Å². The third kappa shape index (κ3) is 4.22. The molecule has 0 saturated carbocycles. The minimum atomic E-state index is -1.49. The Balaban J connectivity index is 1.99. The van der Waals surface area contributed by atoms with Crippen molar-refractivity contribution in [2.24, 2.45) is 11.8 Å². The molecule has 0 atom stereocenters. The first-order valence-corrected chi connectivity index (χ1v) is 7.76. The van der Waals surface area contributed by atoms with Crippen molar-refractivity contribution in [3.63, 3.8) is 0 Å². The molecule has 2 N–H and O–H groups in total. The lowest BCUT2D eigenvalue weighted by Gasteiger charge is -2.34. The maximum absolute atomic E-state index is 9.42. The Hall–Kier alpha value is -1.04. The van der Waals surface area contributed by atoms with Crippen LogP contribution in [0.25, 0.3) is 0 Å². The van der Waals surface area contributed by atoms with E-state index in [1.807, 2.05) is 18.2 Å². The monoisotopic (exact) mass is 291 g/mol. The van der Waals surface area contributed by atoms with E-state index >= 15 is 0 Å². The van der Waals surface area contributed by atoms with Gasteiger partial charge in [-0.3, -0.25) is 4.90 Å². The van der Waals surface area contributed by atoms with Gasteiger partial charge in [0.25, 0.3) is 0 Å². The minimum Gasteiger partial charge on any atom is -0.497 e. The molecule has 1 aliphatic heterocycles. The zero-order chi connectivity index (χ0) is 15.4.